The summed E-state index contributed by atoms with van der Waals surface area (Å²) >= 11 is 6.10. The Kier molecular flexibility index (Phi) is 4.91. The molecule has 2 saturated heterocycles. The summed E-state index contributed by atoms with van der Waals surface area (Å²) in [7, 11) is 1.79. The van der Waals surface area contributed by atoms with Crippen LogP contribution in [0.5, 0.6) is 0 Å². The Hall–Kier alpha value is -1.82. The van der Waals surface area contributed by atoms with Gasteiger partial charge in [0.1, 0.15) is 11.9 Å². The van der Waals surface area contributed by atoms with Gasteiger partial charge in [0.05, 0.1) is 6.04 Å². The first-order valence-corrected chi connectivity index (χ1v) is 8.92. The van der Waals surface area contributed by atoms with Crippen LogP contribution in [0.3, 0.4) is 0 Å². The number of rotatable bonds is 4. The average Bonchev–Trinajstić information content (AvgIpc) is 2.82. The van der Waals surface area contributed by atoms with Crippen molar-refractivity contribution in [2.45, 2.75) is 38.9 Å². The number of hydrogen-bond acceptors (Lipinski definition) is 2. The zero-order chi connectivity index (χ0) is 18.3. The van der Waals surface area contributed by atoms with Crippen molar-refractivity contribution in [3.05, 3.63) is 34.6 Å². The van der Waals surface area contributed by atoms with Crippen LogP contribution in [0.25, 0.3) is 0 Å². The van der Waals surface area contributed by atoms with E-state index in [2.05, 4.69) is 0 Å². The number of nitrogens with zero attached hydrogens (tertiary/aromatic N) is 3. The largest absolute Gasteiger partial charge is 0.342 e. The third-order valence-electron chi connectivity index (χ3n) is 4.87. The van der Waals surface area contributed by atoms with Crippen LogP contribution in [0.15, 0.2) is 18.2 Å². The fraction of sp³-hybridized carbons (Fsp3) is 0.556. The maximum atomic E-state index is 13.2. The summed E-state index contributed by atoms with van der Waals surface area (Å²) in [6.07, 6.45) is 0.649. The van der Waals surface area contributed by atoms with E-state index in [4.69, 9.17) is 11.6 Å². The van der Waals surface area contributed by atoms with E-state index in [-0.39, 0.29) is 18.0 Å². The molecule has 2 aliphatic rings. The molecule has 136 valence electrons. The molecule has 0 unspecified atom stereocenters. The maximum absolute atomic E-state index is 13.2. The lowest BCUT2D eigenvalue weighted by Crippen LogP contribution is -2.60. The minimum absolute atomic E-state index is 0.0000328. The summed E-state index contributed by atoms with van der Waals surface area (Å²) in [6, 6.07) is 3.63. The normalized spacial score (nSPS) is 23.7. The highest BCUT2D eigenvalue weighted by molar-refractivity contribution is 6.31. The van der Waals surface area contributed by atoms with Crippen molar-refractivity contribution in [2.75, 3.05) is 20.1 Å². The number of benzene rings is 1. The Balaban J connectivity index is 1.82. The summed E-state index contributed by atoms with van der Waals surface area (Å²) in [5.74, 6) is -0.0856. The first kappa shape index (κ1) is 18.0. The van der Waals surface area contributed by atoms with Crippen LogP contribution in [-0.2, 0) is 11.3 Å². The Labute approximate surface area is 152 Å². The summed E-state index contributed by atoms with van der Waals surface area (Å²) < 4.78 is 13.2. The average molecular weight is 368 g/mol. The van der Waals surface area contributed by atoms with E-state index < -0.39 is 11.9 Å². The van der Waals surface area contributed by atoms with Crippen LogP contribution < -0.4 is 0 Å². The van der Waals surface area contributed by atoms with Crippen molar-refractivity contribution in [3.8, 4) is 0 Å². The van der Waals surface area contributed by atoms with E-state index in [0.29, 0.717) is 42.6 Å². The summed E-state index contributed by atoms with van der Waals surface area (Å²) in [5.41, 5.74) is 0.705. The fourth-order valence-corrected chi connectivity index (χ4v) is 3.93. The van der Waals surface area contributed by atoms with Gasteiger partial charge in [0.15, 0.2) is 0 Å². The predicted octanol–water partition coefficient (Wildman–Crippen LogP) is 2.97. The van der Waals surface area contributed by atoms with Gasteiger partial charge in [-0.2, -0.15) is 0 Å². The molecule has 0 N–H and O–H groups in total. The molecule has 2 heterocycles. The lowest BCUT2D eigenvalue weighted by molar-refractivity contribution is -0.140. The highest BCUT2D eigenvalue weighted by Gasteiger charge is 2.48. The minimum Gasteiger partial charge on any atom is -0.342 e. The third kappa shape index (κ3) is 3.45. The number of amides is 3. The number of hydrogen-bond donors (Lipinski definition) is 0. The second kappa shape index (κ2) is 6.83. The van der Waals surface area contributed by atoms with Crippen LogP contribution in [0, 0.1) is 11.7 Å². The molecular weight excluding hydrogens is 345 g/mol. The Morgan fingerprint density at radius 3 is 2.64 bits per heavy atom. The molecule has 1 aromatic carbocycles. The fourth-order valence-electron chi connectivity index (χ4n) is 3.70. The molecule has 1 aromatic rings. The van der Waals surface area contributed by atoms with E-state index in [1.54, 1.807) is 27.8 Å². The second-order valence-corrected chi connectivity index (χ2v) is 7.73. The molecular formula is C18H23ClFN3O2. The van der Waals surface area contributed by atoms with E-state index in [1.165, 1.54) is 12.1 Å². The Morgan fingerprint density at radius 1 is 1.28 bits per heavy atom. The number of urea groups is 1. The quantitative estimate of drug-likeness (QED) is 0.821. The molecule has 0 saturated carbocycles. The molecule has 0 radical (unpaired) electrons. The number of halogens is 2. The van der Waals surface area contributed by atoms with Gasteiger partial charge in [-0.15, -0.1) is 0 Å². The molecule has 7 heteroatoms. The van der Waals surface area contributed by atoms with Crippen LogP contribution in [-0.4, -0.2) is 58.9 Å². The van der Waals surface area contributed by atoms with Gasteiger partial charge in [0, 0.05) is 31.7 Å². The molecule has 2 atom stereocenters. The summed E-state index contributed by atoms with van der Waals surface area (Å²) in [6.45, 7) is 5.49. The second-order valence-electron chi connectivity index (χ2n) is 7.32. The van der Waals surface area contributed by atoms with E-state index in [9.17, 15) is 14.0 Å². The van der Waals surface area contributed by atoms with Gasteiger partial charge in [-0.25, -0.2) is 9.18 Å². The number of carbonyl (C=O) groups excluding carboxylic acids is 2. The Morgan fingerprint density at radius 2 is 2.00 bits per heavy atom. The number of likely N-dealkylation sites (N-methyl/N-ethyl adjacent to an activating group) is 1. The topological polar surface area (TPSA) is 43.9 Å². The van der Waals surface area contributed by atoms with Gasteiger partial charge in [-0.1, -0.05) is 31.5 Å². The van der Waals surface area contributed by atoms with E-state index in [0.717, 1.165) is 0 Å². The molecule has 0 aromatic heterocycles. The standard InChI is InChI=1S/C18H23ClFN3O2/c1-11(2)6-16-17(24)21(3)9-14-10-22(18(25)23(14)16)8-12-4-5-13(20)7-15(12)19/h4-5,7,11,14,16H,6,8-10H2,1-3H3/t14-,16+/m1/s1. The number of piperazine rings is 1. The predicted molar refractivity (Wildman–Crippen MR) is 93.7 cm³/mol. The van der Waals surface area contributed by atoms with Gasteiger partial charge in [-0.05, 0) is 30.0 Å². The van der Waals surface area contributed by atoms with Gasteiger partial charge < -0.3 is 14.7 Å². The van der Waals surface area contributed by atoms with E-state index in [1.807, 2.05) is 13.8 Å². The molecule has 25 heavy (non-hydrogen) atoms. The van der Waals surface area contributed by atoms with Crippen LogP contribution in [0.1, 0.15) is 25.8 Å². The summed E-state index contributed by atoms with van der Waals surface area (Å²) in [4.78, 5) is 30.6. The van der Waals surface area contributed by atoms with E-state index >= 15 is 0 Å². The molecule has 0 aliphatic carbocycles. The van der Waals surface area contributed by atoms with Crippen LogP contribution in [0.4, 0.5) is 9.18 Å². The first-order chi connectivity index (χ1) is 11.8. The van der Waals surface area contributed by atoms with Crippen LogP contribution >= 0.6 is 11.6 Å². The summed E-state index contributed by atoms with van der Waals surface area (Å²) in [5, 5.41) is 0.310. The highest BCUT2D eigenvalue weighted by Crippen LogP contribution is 2.30. The van der Waals surface area contributed by atoms with Crippen LogP contribution in [0.2, 0.25) is 5.02 Å². The monoisotopic (exact) mass is 367 g/mol. The van der Waals surface area contributed by atoms with Crippen molar-refractivity contribution in [1.29, 1.82) is 0 Å². The zero-order valence-electron chi connectivity index (χ0n) is 14.7. The molecule has 0 spiro atoms. The molecule has 2 fully saturated rings. The zero-order valence-corrected chi connectivity index (χ0v) is 15.5. The SMILES string of the molecule is CC(C)C[C@H]1C(=O)N(C)C[C@@H]2CN(Cc3ccc(F)cc3Cl)C(=O)N21. The highest BCUT2D eigenvalue weighted by atomic mass is 35.5. The minimum atomic E-state index is -0.412. The number of carbonyl (C=O) groups is 2. The van der Waals surface area contributed by atoms with Gasteiger partial charge >= 0.3 is 6.03 Å². The van der Waals surface area contributed by atoms with Crippen molar-refractivity contribution in [2.24, 2.45) is 5.92 Å². The Bertz CT molecular complexity index is 697. The molecule has 0 bridgehead atoms. The van der Waals surface area contributed by atoms with Crippen molar-refractivity contribution in [1.82, 2.24) is 14.7 Å². The molecule has 3 amide bonds. The van der Waals surface area contributed by atoms with Gasteiger partial charge in [0.2, 0.25) is 5.91 Å². The van der Waals surface area contributed by atoms with Gasteiger partial charge in [-0.3, -0.25) is 4.79 Å². The van der Waals surface area contributed by atoms with Crippen molar-refractivity contribution < 1.29 is 14.0 Å². The van der Waals surface area contributed by atoms with Gasteiger partial charge in [0.25, 0.3) is 0 Å². The smallest absolute Gasteiger partial charge is 0.321 e. The third-order valence-corrected chi connectivity index (χ3v) is 5.22. The molecule has 5 nitrogen and oxygen atoms in total. The maximum Gasteiger partial charge on any atom is 0.321 e. The molecule has 2 aliphatic heterocycles. The first-order valence-electron chi connectivity index (χ1n) is 8.54. The number of fused-ring (bicyclic) bond motifs is 1. The van der Waals surface area contributed by atoms with Crippen molar-refractivity contribution >= 4 is 23.5 Å². The molecule has 3 rings (SSSR count). The lowest BCUT2D eigenvalue weighted by atomic mass is 9.98. The van der Waals surface area contributed by atoms with Crippen molar-refractivity contribution in [3.63, 3.8) is 0 Å². The lowest BCUT2D eigenvalue weighted by Gasteiger charge is -2.41.